The molecular weight excluding hydrogens is 234 g/mol. The second kappa shape index (κ2) is 7.05. The third kappa shape index (κ3) is 5.41. The summed E-state index contributed by atoms with van der Waals surface area (Å²) in [6.07, 6.45) is 0. The van der Waals surface area contributed by atoms with Gasteiger partial charge in [-0.05, 0) is 40.2 Å². The predicted molar refractivity (Wildman–Crippen MR) is 84.7 cm³/mol. The Labute approximate surface area is 120 Å². The topological polar surface area (TPSA) is 18.5 Å². The molecule has 2 atom stereocenters. The Bertz CT molecular complexity index is 249. The average molecular weight is 269 g/mol. The molecule has 0 amide bonds. The van der Waals surface area contributed by atoms with E-state index in [9.17, 15) is 0 Å². The molecule has 0 aromatic rings. The lowest BCUT2D eigenvalue weighted by Gasteiger charge is -2.45. The zero-order valence-corrected chi connectivity index (χ0v) is 14.2. The minimum Gasteiger partial charge on any atom is -0.314 e. The van der Waals surface area contributed by atoms with Crippen LogP contribution in [0.15, 0.2) is 0 Å². The first kappa shape index (κ1) is 16.9. The van der Waals surface area contributed by atoms with E-state index in [0.717, 1.165) is 6.54 Å². The van der Waals surface area contributed by atoms with Crippen LogP contribution in [0, 0.1) is 5.92 Å². The largest absolute Gasteiger partial charge is 0.314 e. The van der Waals surface area contributed by atoms with Gasteiger partial charge in [-0.25, -0.2) is 0 Å². The fourth-order valence-corrected chi connectivity index (χ4v) is 2.75. The molecule has 1 fully saturated rings. The highest BCUT2D eigenvalue weighted by Crippen LogP contribution is 2.19. The van der Waals surface area contributed by atoms with E-state index >= 15 is 0 Å². The Hall–Kier alpha value is -0.120. The maximum atomic E-state index is 3.56. The summed E-state index contributed by atoms with van der Waals surface area (Å²) in [7, 11) is 0. The summed E-state index contributed by atoms with van der Waals surface area (Å²) >= 11 is 0. The van der Waals surface area contributed by atoms with E-state index < -0.39 is 0 Å². The van der Waals surface area contributed by atoms with Gasteiger partial charge in [0.05, 0.1) is 0 Å². The van der Waals surface area contributed by atoms with Crippen molar-refractivity contribution in [3.8, 4) is 0 Å². The quantitative estimate of drug-likeness (QED) is 0.827. The monoisotopic (exact) mass is 269 g/mol. The van der Waals surface area contributed by atoms with Gasteiger partial charge in [0.15, 0.2) is 0 Å². The second-order valence-electron chi connectivity index (χ2n) is 7.47. The van der Waals surface area contributed by atoms with Crippen LogP contribution >= 0.6 is 0 Å². The molecule has 0 aliphatic carbocycles. The van der Waals surface area contributed by atoms with Crippen molar-refractivity contribution in [1.29, 1.82) is 0 Å². The van der Waals surface area contributed by atoms with E-state index in [1.165, 1.54) is 26.2 Å². The van der Waals surface area contributed by atoms with Crippen molar-refractivity contribution in [2.75, 3.05) is 32.7 Å². The van der Waals surface area contributed by atoms with Crippen LogP contribution in [-0.4, -0.2) is 60.1 Å². The lowest BCUT2D eigenvalue weighted by molar-refractivity contribution is 0.0338. The number of hydrogen-bond acceptors (Lipinski definition) is 3. The second-order valence-corrected chi connectivity index (χ2v) is 7.47. The van der Waals surface area contributed by atoms with E-state index in [1.54, 1.807) is 0 Å². The Kier molecular flexibility index (Phi) is 6.28. The van der Waals surface area contributed by atoms with Crippen LogP contribution in [0.2, 0.25) is 0 Å². The lowest BCUT2D eigenvalue weighted by Crippen LogP contribution is -2.56. The molecule has 1 heterocycles. The number of rotatable bonds is 5. The molecule has 1 rings (SSSR count). The van der Waals surface area contributed by atoms with Crippen molar-refractivity contribution >= 4 is 0 Å². The molecule has 3 nitrogen and oxygen atoms in total. The van der Waals surface area contributed by atoms with Gasteiger partial charge in [0.2, 0.25) is 0 Å². The zero-order valence-electron chi connectivity index (χ0n) is 14.2. The average Bonchev–Trinajstić information content (AvgIpc) is 2.34. The molecule has 0 spiro atoms. The third-order valence-corrected chi connectivity index (χ3v) is 4.51. The Morgan fingerprint density at radius 3 is 1.89 bits per heavy atom. The summed E-state index contributed by atoms with van der Waals surface area (Å²) in [6, 6.07) is 1.26. The molecule has 3 heteroatoms. The maximum Gasteiger partial charge on any atom is 0.0126 e. The summed E-state index contributed by atoms with van der Waals surface area (Å²) in [4.78, 5) is 5.27. The van der Waals surface area contributed by atoms with Gasteiger partial charge in [-0.2, -0.15) is 0 Å². The molecule has 0 saturated carbocycles. The summed E-state index contributed by atoms with van der Waals surface area (Å²) in [5, 5.41) is 3.56. The van der Waals surface area contributed by atoms with Crippen LogP contribution in [0.3, 0.4) is 0 Å². The van der Waals surface area contributed by atoms with Crippen molar-refractivity contribution in [3.05, 3.63) is 0 Å². The summed E-state index contributed by atoms with van der Waals surface area (Å²) in [5.74, 6) is 0.712. The first-order chi connectivity index (χ1) is 8.71. The van der Waals surface area contributed by atoms with Gasteiger partial charge in [0.25, 0.3) is 0 Å². The first-order valence-electron chi connectivity index (χ1n) is 7.94. The van der Waals surface area contributed by atoms with Crippen molar-refractivity contribution in [3.63, 3.8) is 0 Å². The van der Waals surface area contributed by atoms with Crippen LogP contribution < -0.4 is 5.32 Å². The smallest absolute Gasteiger partial charge is 0.0126 e. The van der Waals surface area contributed by atoms with E-state index in [-0.39, 0.29) is 0 Å². The normalized spacial score (nSPS) is 22.7. The van der Waals surface area contributed by atoms with Crippen LogP contribution in [0.1, 0.15) is 48.5 Å². The Morgan fingerprint density at radius 2 is 1.47 bits per heavy atom. The molecule has 1 aliphatic rings. The van der Waals surface area contributed by atoms with Gasteiger partial charge in [-0.1, -0.05) is 20.8 Å². The summed E-state index contributed by atoms with van der Waals surface area (Å²) < 4.78 is 0. The number of piperazine rings is 1. The SMILES string of the molecule is CC(C)NCC(C)C(C)N1CCN(C(C)(C)C)CC1. The molecule has 2 unspecified atom stereocenters. The molecule has 0 bridgehead atoms. The third-order valence-electron chi connectivity index (χ3n) is 4.51. The predicted octanol–water partition coefficient (Wildman–Crippen LogP) is 2.43. The molecule has 114 valence electrons. The van der Waals surface area contributed by atoms with Gasteiger partial charge in [-0.3, -0.25) is 9.80 Å². The van der Waals surface area contributed by atoms with Crippen LogP contribution in [-0.2, 0) is 0 Å². The molecule has 0 aromatic carbocycles. The Balaban J connectivity index is 2.38. The van der Waals surface area contributed by atoms with E-state index in [4.69, 9.17) is 0 Å². The van der Waals surface area contributed by atoms with Crippen molar-refractivity contribution in [2.45, 2.75) is 66.1 Å². The molecule has 1 saturated heterocycles. The maximum absolute atomic E-state index is 3.56. The molecule has 0 aromatic heterocycles. The molecule has 1 N–H and O–H groups in total. The van der Waals surface area contributed by atoms with Crippen LogP contribution in [0.5, 0.6) is 0 Å². The van der Waals surface area contributed by atoms with E-state index in [1.807, 2.05) is 0 Å². The molecule has 0 radical (unpaired) electrons. The highest BCUT2D eigenvalue weighted by molar-refractivity contribution is 4.85. The fraction of sp³-hybridized carbons (Fsp3) is 1.00. The van der Waals surface area contributed by atoms with Crippen molar-refractivity contribution < 1.29 is 0 Å². The molecule has 19 heavy (non-hydrogen) atoms. The van der Waals surface area contributed by atoms with Crippen molar-refractivity contribution in [1.82, 2.24) is 15.1 Å². The van der Waals surface area contributed by atoms with Crippen LogP contribution in [0.25, 0.3) is 0 Å². The minimum absolute atomic E-state index is 0.320. The number of nitrogens with zero attached hydrogens (tertiary/aromatic N) is 2. The van der Waals surface area contributed by atoms with Crippen LogP contribution in [0.4, 0.5) is 0 Å². The number of nitrogens with one attached hydrogen (secondary N) is 1. The van der Waals surface area contributed by atoms with E-state index in [0.29, 0.717) is 23.5 Å². The highest BCUT2D eigenvalue weighted by atomic mass is 15.3. The number of hydrogen-bond donors (Lipinski definition) is 1. The Morgan fingerprint density at radius 1 is 0.947 bits per heavy atom. The van der Waals surface area contributed by atoms with Gasteiger partial charge in [-0.15, -0.1) is 0 Å². The first-order valence-corrected chi connectivity index (χ1v) is 7.94. The van der Waals surface area contributed by atoms with Gasteiger partial charge in [0.1, 0.15) is 0 Å². The summed E-state index contributed by atoms with van der Waals surface area (Å²) in [6.45, 7) is 22.1. The lowest BCUT2D eigenvalue weighted by atomic mass is 9.99. The molecule has 1 aliphatic heterocycles. The van der Waals surface area contributed by atoms with Gasteiger partial charge >= 0.3 is 0 Å². The van der Waals surface area contributed by atoms with Gasteiger partial charge < -0.3 is 5.32 Å². The highest BCUT2D eigenvalue weighted by Gasteiger charge is 2.29. The minimum atomic E-state index is 0.320. The summed E-state index contributed by atoms with van der Waals surface area (Å²) in [5.41, 5.74) is 0.320. The van der Waals surface area contributed by atoms with Crippen molar-refractivity contribution in [2.24, 2.45) is 5.92 Å². The zero-order chi connectivity index (χ0) is 14.6. The van der Waals surface area contributed by atoms with Gasteiger partial charge in [0, 0.05) is 43.8 Å². The standard InChI is InChI=1S/C16H35N3/c1-13(2)17-12-14(3)15(4)18-8-10-19(11-9-18)16(5,6)7/h13-15,17H,8-12H2,1-7H3. The van der Waals surface area contributed by atoms with E-state index in [2.05, 4.69) is 63.6 Å². The fourth-order valence-electron chi connectivity index (χ4n) is 2.75. The molecular formula is C16H35N3.